The fourth-order valence-corrected chi connectivity index (χ4v) is 22.9. The highest BCUT2D eigenvalue weighted by Gasteiger charge is 2.37. The number of rotatable bonds is 15. The maximum atomic E-state index is 12.4. The highest BCUT2D eigenvalue weighted by molar-refractivity contribution is 8.00. The summed E-state index contributed by atoms with van der Waals surface area (Å²) >= 11 is 9.14. The summed E-state index contributed by atoms with van der Waals surface area (Å²) in [5.74, 6) is 12.3. The summed E-state index contributed by atoms with van der Waals surface area (Å²) in [6.45, 7) is 8.45. The Kier molecular flexibility index (Phi) is 38.1. The van der Waals surface area contributed by atoms with E-state index in [1.165, 1.54) is 96.3 Å². The van der Waals surface area contributed by atoms with Crippen LogP contribution in [-0.4, -0.2) is 294 Å². The number of likely N-dealkylation sites (N-methyl/N-ethyl adjacent to an activating group) is 5. The molecule has 10 rings (SSSR count). The minimum absolute atomic E-state index is 0.0247. The van der Waals surface area contributed by atoms with E-state index in [-0.39, 0.29) is 76.0 Å². The van der Waals surface area contributed by atoms with E-state index in [0.717, 1.165) is 147 Å². The first-order valence-corrected chi connectivity index (χ1v) is 44.5. The molecule has 5 N–H and O–H groups in total. The Balaban J connectivity index is 0.000000183. The zero-order valence-electron chi connectivity index (χ0n) is 56.8. The van der Waals surface area contributed by atoms with Crippen LogP contribution in [0.15, 0.2) is 0 Å². The Morgan fingerprint density at radius 3 is 0.924 bits per heavy atom. The van der Waals surface area contributed by atoms with Crippen molar-refractivity contribution in [2.24, 2.45) is 11.8 Å². The molecule has 8 saturated heterocycles. The lowest BCUT2D eigenvalue weighted by atomic mass is 9.99. The van der Waals surface area contributed by atoms with Crippen LogP contribution < -0.4 is 26.6 Å². The molecular formula is C65H120N10O10S7. The fourth-order valence-electron chi connectivity index (χ4n) is 13.9. The first-order valence-electron chi connectivity index (χ1n) is 35.3. The summed E-state index contributed by atoms with van der Waals surface area (Å²) < 4.78 is 54.0. The molecule has 20 nitrogen and oxygen atoms in total. The van der Waals surface area contributed by atoms with Crippen LogP contribution in [0, 0.1) is 11.8 Å². The molecular weight excluding hydrogens is 1310 g/mol. The average molecular weight is 1430 g/mol. The summed E-state index contributed by atoms with van der Waals surface area (Å²) in [5, 5.41) is 14.8. The van der Waals surface area contributed by atoms with Crippen LogP contribution in [0.1, 0.15) is 141 Å². The minimum Gasteiger partial charge on any atom is -0.376 e. The second-order valence-corrected chi connectivity index (χ2v) is 37.1. The quantitative estimate of drug-likeness (QED) is 0.126. The summed E-state index contributed by atoms with van der Waals surface area (Å²) in [6, 6.07) is -0.326. The van der Waals surface area contributed by atoms with Crippen molar-refractivity contribution >= 4 is 108 Å². The maximum absolute atomic E-state index is 12.4. The molecule has 0 radical (unpaired) electrons. The third-order valence-corrected chi connectivity index (χ3v) is 29.6. The van der Waals surface area contributed by atoms with Crippen LogP contribution in [0.2, 0.25) is 0 Å². The largest absolute Gasteiger partial charge is 0.376 e. The van der Waals surface area contributed by atoms with Gasteiger partial charge in [-0.15, -0.1) is 0 Å². The Hall–Kier alpha value is -1.24. The van der Waals surface area contributed by atoms with Crippen molar-refractivity contribution in [3.8, 4) is 0 Å². The zero-order chi connectivity index (χ0) is 66.1. The topological polar surface area (TPSA) is 239 Å². The van der Waals surface area contributed by atoms with E-state index >= 15 is 0 Å². The monoisotopic (exact) mass is 1420 g/mol. The molecule has 2 saturated carbocycles. The van der Waals surface area contributed by atoms with E-state index in [9.17, 15) is 40.8 Å². The molecule has 8 heterocycles. The molecule has 8 atom stereocenters. The van der Waals surface area contributed by atoms with E-state index < -0.39 is 19.7 Å². The van der Waals surface area contributed by atoms with Gasteiger partial charge in [-0.2, -0.15) is 58.8 Å². The highest BCUT2D eigenvalue weighted by atomic mass is 32.2. The van der Waals surface area contributed by atoms with Gasteiger partial charge < -0.3 is 55.8 Å². The fraction of sp³-hybridized carbons (Fsp3) is 0.923. The molecule has 10 fully saturated rings. The summed E-state index contributed by atoms with van der Waals surface area (Å²) in [5.41, 5.74) is 0. The average Bonchev–Trinajstić information content (AvgIpc) is 1.31. The lowest BCUT2D eigenvalue weighted by molar-refractivity contribution is -0.134. The number of ether oxygens (including phenoxy) is 1. The molecule has 0 bridgehead atoms. The van der Waals surface area contributed by atoms with E-state index in [1.807, 2.05) is 61.3 Å². The number of hydrogen-bond acceptors (Lipinski definition) is 20. The predicted octanol–water partition coefficient (Wildman–Crippen LogP) is 5.58. The van der Waals surface area contributed by atoms with Gasteiger partial charge >= 0.3 is 0 Å². The number of thioether (sulfide) groups is 5. The first kappa shape index (κ1) is 79.7. The van der Waals surface area contributed by atoms with Gasteiger partial charge in [0.2, 0.25) is 29.5 Å². The van der Waals surface area contributed by atoms with Crippen molar-refractivity contribution in [1.29, 1.82) is 0 Å². The molecule has 27 heteroatoms. The molecule has 0 spiro atoms. The number of nitrogens with zero attached hydrogens (tertiary/aromatic N) is 5. The Morgan fingerprint density at radius 1 is 0.348 bits per heavy atom. The molecule has 532 valence electrons. The van der Waals surface area contributed by atoms with Gasteiger partial charge in [-0.05, 0) is 111 Å². The number of carbonyl (C=O) groups excluding carboxylic acids is 5. The molecule has 92 heavy (non-hydrogen) atoms. The molecule has 2 aliphatic carbocycles. The van der Waals surface area contributed by atoms with Gasteiger partial charge in [-0.1, -0.05) is 77.0 Å². The molecule has 8 unspecified atom stereocenters. The van der Waals surface area contributed by atoms with Gasteiger partial charge in [0.15, 0.2) is 19.7 Å². The van der Waals surface area contributed by atoms with E-state index in [2.05, 4.69) is 36.4 Å². The van der Waals surface area contributed by atoms with Crippen molar-refractivity contribution in [3.05, 3.63) is 0 Å². The first-order chi connectivity index (χ1) is 44.5. The van der Waals surface area contributed by atoms with Crippen molar-refractivity contribution in [3.63, 3.8) is 0 Å². The molecule has 0 aromatic heterocycles. The van der Waals surface area contributed by atoms with E-state index in [4.69, 9.17) is 4.74 Å². The lowest BCUT2D eigenvalue weighted by Crippen LogP contribution is -2.49. The van der Waals surface area contributed by atoms with Gasteiger partial charge in [0.1, 0.15) is 0 Å². The van der Waals surface area contributed by atoms with Crippen LogP contribution in [0.3, 0.4) is 0 Å². The summed E-state index contributed by atoms with van der Waals surface area (Å²) in [7, 11) is 3.23. The predicted molar refractivity (Wildman–Crippen MR) is 387 cm³/mol. The van der Waals surface area contributed by atoms with Crippen LogP contribution in [0.25, 0.3) is 0 Å². The minimum atomic E-state index is -3.00. The molecule has 10 aliphatic rings. The summed E-state index contributed by atoms with van der Waals surface area (Å²) in [6.07, 6.45) is 26.1. The van der Waals surface area contributed by atoms with Crippen LogP contribution in [0.4, 0.5) is 0 Å². The summed E-state index contributed by atoms with van der Waals surface area (Å²) in [4.78, 5) is 71.5. The second-order valence-electron chi connectivity index (χ2n) is 26.5. The van der Waals surface area contributed by atoms with Crippen LogP contribution in [-0.2, 0) is 48.4 Å². The van der Waals surface area contributed by atoms with Gasteiger partial charge in [0, 0.05) is 130 Å². The number of carbonyl (C=O) groups is 5. The van der Waals surface area contributed by atoms with E-state index in [1.54, 1.807) is 47.4 Å². The van der Waals surface area contributed by atoms with Gasteiger partial charge in [-0.3, -0.25) is 24.0 Å². The highest BCUT2D eigenvalue weighted by Crippen LogP contribution is 2.29. The third kappa shape index (κ3) is 27.1. The third-order valence-electron chi connectivity index (χ3n) is 19.9. The Labute approximate surface area is 576 Å². The van der Waals surface area contributed by atoms with Crippen molar-refractivity contribution < 1.29 is 45.5 Å². The van der Waals surface area contributed by atoms with Crippen molar-refractivity contribution in [2.45, 2.75) is 188 Å². The van der Waals surface area contributed by atoms with Crippen LogP contribution >= 0.6 is 58.8 Å². The van der Waals surface area contributed by atoms with Crippen molar-refractivity contribution in [1.82, 2.24) is 51.1 Å². The number of nitrogens with one attached hydrogen (secondary N) is 5. The normalized spacial score (nSPS) is 30.2. The number of hydrogen-bond donors (Lipinski definition) is 5. The van der Waals surface area contributed by atoms with Crippen LogP contribution in [0.5, 0.6) is 0 Å². The number of amides is 5. The standard InChI is InChI=1S/2C14H26N2OS.C13H24N2O2S.2C12H22N2O3S2/c2*1-15-13-11-18-9-8-16(14(13)17)10-12-6-4-2-3-5-7-12;1-14-12-10-18-8-6-15(13(12)16)9-11-5-3-2-4-7-17-11;2*1-13-11-9-18-6-5-14(12(11)15)8-10-4-2-3-7-19(10,16)17/h2*12-13,15H,2-11H2,1H3;11-12,14H,2-10H2,1H3;2*10-11,13H,2-9H2,1H3. The Morgan fingerprint density at radius 2 is 0.620 bits per heavy atom. The lowest BCUT2D eigenvalue weighted by Gasteiger charge is -2.30. The van der Waals surface area contributed by atoms with E-state index in [0.29, 0.717) is 50.8 Å². The molecule has 5 amide bonds. The van der Waals surface area contributed by atoms with Gasteiger partial charge in [-0.25, -0.2) is 16.8 Å². The molecule has 8 aliphatic heterocycles. The van der Waals surface area contributed by atoms with Gasteiger partial charge in [0.05, 0.1) is 58.3 Å². The molecule has 0 aromatic carbocycles. The van der Waals surface area contributed by atoms with Crippen molar-refractivity contribution in [2.75, 3.05) is 176 Å². The Bertz CT molecular complexity index is 2180. The maximum Gasteiger partial charge on any atom is 0.240 e. The zero-order valence-corrected chi connectivity index (χ0v) is 62.5. The smallest absolute Gasteiger partial charge is 0.240 e. The number of sulfone groups is 2. The molecule has 0 aromatic rings. The second kappa shape index (κ2) is 44.0. The SMILES string of the molecule is CNC1CSCCN(CC2CCCCCC2)C1=O.CNC1CSCCN(CC2CCCCCC2)C1=O.CNC1CSCCN(CC2CCCCCO2)C1=O.CNC1CSCCN(CC2CCCCS2(=O)=O)C1=O.CNC1CSCCN(CC2CCCCS2(=O)=O)C1=O. The van der Waals surface area contributed by atoms with Gasteiger partial charge in [0.25, 0.3) is 0 Å².